The molecule has 3 N–H and O–H groups in total. The fraction of sp³-hybridized carbons (Fsp3) is 0.483. The smallest absolute Gasteiger partial charge is 0.252 e. The topological polar surface area (TPSA) is 117 Å². The number of hydrogen-bond donors (Lipinski definition) is 2. The van der Waals surface area contributed by atoms with Crippen LogP contribution in [0.25, 0.3) is 0 Å². The van der Waals surface area contributed by atoms with Gasteiger partial charge in [0.05, 0.1) is 11.3 Å². The Balaban J connectivity index is 1.85. The lowest BCUT2D eigenvalue weighted by Crippen LogP contribution is -2.53. The SMILES string of the molecule is CCC[S+]([O-])c1cc2c(c3c1OC(C)(C)C3)C(c1cccc(C(=O)NC(C)(C)C(N)=O)c1)=NC(C)(C)C2. The third kappa shape index (κ3) is 5.41. The summed E-state index contributed by atoms with van der Waals surface area (Å²) in [6.07, 6.45) is 2.21. The summed E-state index contributed by atoms with van der Waals surface area (Å²) in [6, 6.07) is 9.31. The van der Waals surface area contributed by atoms with Crippen LogP contribution in [0, 0.1) is 0 Å². The molecule has 2 aliphatic heterocycles. The van der Waals surface area contributed by atoms with Gasteiger partial charge in [0.15, 0.2) is 10.6 Å². The van der Waals surface area contributed by atoms with Crippen LogP contribution in [0.1, 0.15) is 87.5 Å². The van der Waals surface area contributed by atoms with Crippen LogP contribution in [0.2, 0.25) is 0 Å². The average Bonchev–Trinajstić information content (AvgIpc) is 3.11. The molecule has 0 aromatic heterocycles. The molecular formula is C29H37N3O4S. The number of fused-ring (bicyclic) bond motifs is 3. The first-order valence-corrected chi connectivity index (χ1v) is 14.1. The van der Waals surface area contributed by atoms with E-state index in [1.165, 1.54) is 0 Å². The molecule has 0 spiro atoms. The lowest BCUT2D eigenvalue weighted by Gasteiger charge is -2.31. The van der Waals surface area contributed by atoms with E-state index in [4.69, 9.17) is 15.5 Å². The standard InChI is InChI=1S/C29H37N3O4S/c1-8-12-37(35)21-14-19-15-27(2,3)31-23(22(19)20-16-28(4,5)36-24(20)21)17-10-9-11-18(13-17)25(33)32-29(6,7)26(30)34/h9-11,13-14H,8,12,15-16H2,1-7H3,(H2,30,34)(H,32,33). The highest BCUT2D eigenvalue weighted by atomic mass is 32.2. The van der Waals surface area contributed by atoms with Gasteiger partial charge in [-0.05, 0) is 83.3 Å². The van der Waals surface area contributed by atoms with Gasteiger partial charge in [-0.1, -0.05) is 19.1 Å². The Labute approximate surface area is 222 Å². The Kier molecular flexibility index (Phi) is 6.97. The largest absolute Gasteiger partial charge is 0.611 e. The van der Waals surface area contributed by atoms with Gasteiger partial charge in [-0.3, -0.25) is 14.6 Å². The molecular weight excluding hydrogens is 486 g/mol. The number of nitrogens with one attached hydrogen (secondary N) is 1. The van der Waals surface area contributed by atoms with Crippen LogP contribution in [-0.4, -0.2) is 44.5 Å². The molecule has 2 heterocycles. The van der Waals surface area contributed by atoms with Crippen LogP contribution in [0.5, 0.6) is 5.75 Å². The predicted octanol–water partition coefficient (Wildman–Crippen LogP) is 4.08. The van der Waals surface area contributed by atoms with Crippen molar-refractivity contribution in [2.24, 2.45) is 10.7 Å². The second-order valence-corrected chi connectivity index (χ2v) is 13.3. The Bertz CT molecular complexity index is 1300. The van der Waals surface area contributed by atoms with Crippen molar-refractivity contribution in [2.75, 3.05) is 5.75 Å². The summed E-state index contributed by atoms with van der Waals surface area (Å²) < 4.78 is 19.6. The molecule has 2 aromatic carbocycles. The first-order valence-electron chi connectivity index (χ1n) is 12.7. The molecule has 37 heavy (non-hydrogen) atoms. The minimum absolute atomic E-state index is 0.387. The third-order valence-electron chi connectivity index (χ3n) is 6.76. The molecule has 0 saturated heterocycles. The normalized spacial score (nSPS) is 18.2. The zero-order valence-electron chi connectivity index (χ0n) is 22.8. The van der Waals surface area contributed by atoms with Crippen molar-refractivity contribution in [3.63, 3.8) is 0 Å². The van der Waals surface area contributed by atoms with E-state index >= 15 is 0 Å². The highest BCUT2D eigenvalue weighted by molar-refractivity contribution is 7.91. The number of nitrogens with zero attached hydrogens (tertiary/aromatic N) is 1. The molecule has 0 bridgehead atoms. The average molecular weight is 524 g/mol. The number of benzene rings is 2. The zero-order valence-corrected chi connectivity index (χ0v) is 23.6. The second-order valence-electron chi connectivity index (χ2n) is 11.8. The zero-order chi connectivity index (χ0) is 27.3. The van der Waals surface area contributed by atoms with Gasteiger partial charge in [0.1, 0.15) is 16.9 Å². The Morgan fingerprint density at radius 1 is 1.19 bits per heavy atom. The van der Waals surface area contributed by atoms with Gasteiger partial charge < -0.3 is 20.3 Å². The number of ether oxygens (including phenoxy) is 1. The molecule has 0 radical (unpaired) electrons. The molecule has 1 atom stereocenters. The maximum Gasteiger partial charge on any atom is 0.252 e. The van der Waals surface area contributed by atoms with E-state index in [0.717, 1.165) is 39.3 Å². The maximum atomic E-state index is 13.2. The van der Waals surface area contributed by atoms with Crippen molar-refractivity contribution < 1.29 is 18.9 Å². The van der Waals surface area contributed by atoms with Crippen LogP contribution in [0.3, 0.4) is 0 Å². The summed E-state index contributed by atoms with van der Waals surface area (Å²) in [5.74, 6) is 0.290. The van der Waals surface area contributed by atoms with Crippen LogP contribution in [-0.2, 0) is 28.8 Å². The molecule has 2 aromatic rings. The van der Waals surface area contributed by atoms with E-state index in [9.17, 15) is 14.1 Å². The van der Waals surface area contributed by atoms with E-state index in [1.54, 1.807) is 26.0 Å². The number of carbonyl (C=O) groups excluding carboxylic acids is 2. The lowest BCUT2D eigenvalue weighted by molar-refractivity contribution is -0.122. The molecule has 2 amide bonds. The Hall–Kier alpha value is -2.84. The third-order valence-corrected chi connectivity index (χ3v) is 8.33. The molecule has 0 fully saturated rings. The van der Waals surface area contributed by atoms with E-state index in [1.807, 2.05) is 39.0 Å². The van der Waals surface area contributed by atoms with Crippen molar-refractivity contribution >= 4 is 28.7 Å². The number of nitrogens with two attached hydrogens (primary N) is 1. The number of carbonyl (C=O) groups is 2. The molecule has 0 aliphatic carbocycles. The fourth-order valence-electron chi connectivity index (χ4n) is 4.97. The summed E-state index contributed by atoms with van der Waals surface area (Å²) in [6.45, 7) is 13.4. The van der Waals surface area contributed by atoms with Crippen molar-refractivity contribution in [1.29, 1.82) is 0 Å². The molecule has 4 rings (SSSR count). The number of primary amides is 1. The summed E-state index contributed by atoms with van der Waals surface area (Å²) in [7, 11) is 0. The maximum absolute atomic E-state index is 13.2. The molecule has 8 heteroatoms. The number of aliphatic imine (C=N–C) groups is 1. The van der Waals surface area contributed by atoms with E-state index < -0.39 is 28.2 Å². The number of hydrogen-bond acceptors (Lipinski definition) is 5. The van der Waals surface area contributed by atoms with E-state index in [2.05, 4.69) is 19.2 Å². The van der Waals surface area contributed by atoms with Crippen LogP contribution < -0.4 is 15.8 Å². The number of rotatable bonds is 7. The van der Waals surface area contributed by atoms with Gasteiger partial charge in [-0.2, -0.15) is 0 Å². The van der Waals surface area contributed by atoms with E-state index in [-0.39, 0.29) is 11.4 Å². The van der Waals surface area contributed by atoms with Gasteiger partial charge in [0.2, 0.25) is 5.91 Å². The Morgan fingerprint density at radius 2 is 1.89 bits per heavy atom. The van der Waals surface area contributed by atoms with Gasteiger partial charge >= 0.3 is 0 Å². The summed E-state index contributed by atoms with van der Waals surface area (Å²) in [5, 5.41) is 2.71. The number of amides is 2. The highest BCUT2D eigenvalue weighted by Gasteiger charge is 2.41. The first-order chi connectivity index (χ1) is 17.1. The van der Waals surface area contributed by atoms with Gasteiger partial charge in [-0.15, -0.1) is 0 Å². The predicted molar refractivity (Wildman–Crippen MR) is 147 cm³/mol. The van der Waals surface area contributed by atoms with Crippen molar-refractivity contribution in [3.05, 3.63) is 58.1 Å². The molecule has 1 unspecified atom stereocenters. The minimum atomic E-state index is -1.18. The van der Waals surface area contributed by atoms with Crippen LogP contribution >= 0.6 is 0 Å². The summed E-state index contributed by atoms with van der Waals surface area (Å²) in [4.78, 5) is 30.7. The molecule has 7 nitrogen and oxygen atoms in total. The summed E-state index contributed by atoms with van der Waals surface area (Å²) in [5.41, 5.74) is 8.58. The minimum Gasteiger partial charge on any atom is -0.611 e. The van der Waals surface area contributed by atoms with Gasteiger partial charge in [0, 0.05) is 34.7 Å². The Morgan fingerprint density at radius 3 is 2.54 bits per heavy atom. The highest BCUT2D eigenvalue weighted by Crippen LogP contribution is 2.46. The summed E-state index contributed by atoms with van der Waals surface area (Å²) >= 11 is -1.16. The van der Waals surface area contributed by atoms with E-state index in [0.29, 0.717) is 29.9 Å². The molecule has 2 aliphatic rings. The quantitative estimate of drug-likeness (QED) is 0.532. The van der Waals surface area contributed by atoms with Crippen LogP contribution in [0.15, 0.2) is 40.2 Å². The first kappa shape index (κ1) is 27.2. The fourth-order valence-corrected chi connectivity index (χ4v) is 6.20. The van der Waals surface area contributed by atoms with Crippen molar-refractivity contribution in [3.8, 4) is 5.75 Å². The van der Waals surface area contributed by atoms with Gasteiger partial charge in [0.25, 0.3) is 5.91 Å². The van der Waals surface area contributed by atoms with Crippen LogP contribution in [0.4, 0.5) is 0 Å². The molecule has 198 valence electrons. The lowest BCUT2D eigenvalue weighted by atomic mass is 9.81. The van der Waals surface area contributed by atoms with Crippen molar-refractivity contribution in [1.82, 2.24) is 5.32 Å². The van der Waals surface area contributed by atoms with Crippen molar-refractivity contribution in [2.45, 2.75) is 89.3 Å². The van der Waals surface area contributed by atoms with Gasteiger partial charge in [-0.25, -0.2) is 0 Å². The molecule has 0 saturated carbocycles. The second kappa shape index (κ2) is 9.48. The monoisotopic (exact) mass is 523 g/mol.